The summed E-state index contributed by atoms with van der Waals surface area (Å²) >= 11 is 6.38. The van der Waals surface area contributed by atoms with Gasteiger partial charge in [0.25, 0.3) is 0 Å². The van der Waals surface area contributed by atoms with Crippen molar-refractivity contribution in [2.24, 2.45) is 4.99 Å². The molecule has 2 atom stereocenters. The van der Waals surface area contributed by atoms with Gasteiger partial charge in [0.2, 0.25) is 0 Å². The number of benzene rings is 3. The van der Waals surface area contributed by atoms with Crippen LogP contribution in [0.25, 0.3) is 11.1 Å². The first kappa shape index (κ1) is 17.9. The van der Waals surface area contributed by atoms with E-state index < -0.39 is 17.0 Å². The number of hydrogen-bond acceptors (Lipinski definition) is 1. The zero-order valence-electron chi connectivity index (χ0n) is 14.8. The maximum atomic E-state index is 14.1. The summed E-state index contributed by atoms with van der Waals surface area (Å²) in [6.07, 6.45) is 0.522. The van der Waals surface area contributed by atoms with Crippen molar-refractivity contribution in [2.75, 3.05) is 0 Å². The van der Waals surface area contributed by atoms with Crippen LogP contribution >= 0.6 is 11.6 Å². The molecule has 1 nitrogen and oxygen atoms in total. The smallest absolute Gasteiger partial charge is 0.135 e. The average molecular weight is 382 g/mol. The van der Waals surface area contributed by atoms with E-state index in [-0.39, 0.29) is 11.6 Å². The third-order valence-corrected chi connectivity index (χ3v) is 5.31. The van der Waals surface area contributed by atoms with Gasteiger partial charge in [0.15, 0.2) is 0 Å². The van der Waals surface area contributed by atoms with Crippen molar-refractivity contribution in [3.8, 4) is 11.1 Å². The number of aryl methyl sites for hydroxylation is 1. The molecule has 0 aromatic heterocycles. The van der Waals surface area contributed by atoms with Gasteiger partial charge in [-0.1, -0.05) is 60.2 Å². The third kappa shape index (κ3) is 3.52. The van der Waals surface area contributed by atoms with E-state index in [2.05, 4.69) is 36.2 Å². The highest BCUT2D eigenvalue weighted by Gasteiger charge is 2.31. The van der Waals surface area contributed by atoms with E-state index in [1.807, 2.05) is 24.3 Å². The summed E-state index contributed by atoms with van der Waals surface area (Å²) in [6.45, 7) is 2.06. The molecule has 0 saturated carbocycles. The van der Waals surface area contributed by atoms with E-state index >= 15 is 0 Å². The van der Waals surface area contributed by atoms with E-state index in [0.717, 1.165) is 16.7 Å². The molecule has 4 rings (SSSR count). The van der Waals surface area contributed by atoms with Crippen LogP contribution in [0.2, 0.25) is 0 Å². The van der Waals surface area contributed by atoms with Gasteiger partial charge in [-0.2, -0.15) is 0 Å². The molecular weight excluding hydrogens is 364 g/mol. The number of rotatable bonds is 3. The van der Waals surface area contributed by atoms with Gasteiger partial charge in [0.1, 0.15) is 11.6 Å². The highest BCUT2D eigenvalue weighted by molar-refractivity contribution is 6.35. The molecule has 0 aliphatic carbocycles. The molecule has 1 unspecified atom stereocenters. The summed E-state index contributed by atoms with van der Waals surface area (Å²) in [5.74, 6) is -1.26. The topological polar surface area (TPSA) is 12.4 Å². The second kappa shape index (κ2) is 7.24. The molecule has 0 radical (unpaired) electrons. The summed E-state index contributed by atoms with van der Waals surface area (Å²) < 4.78 is 28.2. The lowest BCUT2D eigenvalue weighted by Gasteiger charge is -2.09. The van der Waals surface area contributed by atoms with E-state index in [4.69, 9.17) is 11.6 Å². The highest BCUT2D eigenvalue weighted by Crippen LogP contribution is 2.36. The first-order valence-corrected chi connectivity index (χ1v) is 9.30. The van der Waals surface area contributed by atoms with Gasteiger partial charge < -0.3 is 0 Å². The van der Waals surface area contributed by atoms with Gasteiger partial charge in [-0.05, 0) is 42.2 Å². The maximum absolute atomic E-state index is 14.1. The van der Waals surface area contributed by atoms with Crippen molar-refractivity contribution in [3.63, 3.8) is 0 Å². The molecule has 4 heteroatoms. The molecule has 3 aromatic rings. The van der Waals surface area contributed by atoms with Crippen LogP contribution in [-0.4, -0.2) is 11.1 Å². The maximum Gasteiger partial charge on any atom is 0.135 e. The van der Waals surface area contributed by atoms with Crippen LogP contribution in [0.15, 0.2) is 71.7 Å². The van der Waals surface area contributed by atoms with Crippen LogP contribution in [0.1, 0.15) is 29.2 Å². The van der Waals surface area contributed by atoms with E-state index in [9.17, 15) is 8.78 Å². The van der Waals surface area contributed by atoms with Crippen molar-refractivity contribution in [1.29, 1.82) is 0 Å². The van der Waals surface area contributed by atoms with E-state index in [1.165, 1.54) is 23.8 Å². The Morgan fingerprint density at radius 3 is 2.00 bits per heavy atom. The molecule has 0 fully saturated rings. The van der Waals surface area contributed by atoms with Crippen LogP contribution in [0.4, 0.5) is 8.78 Å². The zero-order valence-corrected chi connectivity index (χ0v) is 15.5. The second-order valence-corrected chi connectivity index (χ2v) is 7.34. The molecule has 0 spiro atoms. The molecule has 27 heavy (non-hydrogen) atoms. The van der Waals surface area contributed by atoms with Crippen LogP contribution < -0.4 is 0 Å². The largest absolute Gasteiger partial charge is 0.279 e. The molecule has 0 saturated heterocycles. The average Bonchev–Trinajstić information content (AvgIpc) is 3.04. The Morgan fingerprint density at radius 2 is 1.41 bits per heavy atom. The summed E-state index contributed by atoms with van der Waals surface area (Å²) in [5, 5.41) is -0.516. The number of aliphatic imine (C=N–C) groups is 1. The Hall–Kier alpha value is -2.52. The first-order valence-electron chi connectivity index (χ1n) is 8.86. The Kier molecular flexibility index (Phi) is 4.79. The molecule has 136 valence electrons. The van der Waals surface area contributed by atoms with Crippen LogP contribution in [-0.2, 0) is 0 Å². The Bertz CT molecular complexity index is 974. The fourth-order valence-corrected chi connectivity index (χ4v) is 3.76. The monoisotopic (exact) mass is 381 g/mol. The predicted octanol–water partition coefficient (Wildman–Crippen LogP) is 6.48. The Balaban J connectivity index is 1.62. The van der Waals surface area contributed by atoms with Crippen LogP contribution in [0, 0.1) is 18.6 Å². The minimum absolute atomic E-state index is 0.115. The normalized spacial score (nSPS) is 19.2. The lowest BCUT2D eigenvalue weighted by molar-refractivity contribution is 0.578. The SMILES string of the molecule is Cc1ccc(-c2ccc([C@H]3CC(Cl)C(c4c(F)cccc4F)=N3)cc2)cc1. The van der Waals surface area contributed by atoms with E-state index in [1.54, 1.807) is 0 Å². The first-order chi connectivity index (χ1) is 13.0. The fraction of sp³-hybridized carbons (Fsp3) is 0.174. The number of hydrogen-bond donors (Lipinski definition) is 0. The second-order valence-electron chi connectivity index (χ2n) is 6.82. The number of halogens is 3. The van der Waals surface area contributed by atoms with Crippen molar-refractivity contribution >= 4 is 17.3 Å². The molecular formula is C23H18ClF2N. The number of nitrogens with zero attached hydrogens (tertiary/aromatic N) is 1. The lowest BCUT2D eigenvalue weighted by atomic mass is 9.98. The molecule has 1 aliphatic rings. The van der Waals surface area contributed by atoms with Gasteiger partial charge >= 0.3 is 0 Å². The number of alkyl halides is 1. The van der Waals surface area contributed by atoms with Crippen LogP contribution in [0.3, 0.4) is 0 Å². The Morgan fingerprint density at radius 1 is 0.852 bits per heavy atom. The quantitative estimate of drug-likeness (QED) is 0.460. The molecule has 3 aromatic carbocycles. The molecule has 0 bridgehead atoms. The van der Waals surface area contributed by atoms with Crippen LogP contribution in [0.5, 0.6) is 0 Å². The van der Waals surface area contributed by atoms with Gasteiger partial charge in [0.05, 0.1) is 22.7 Å². The van der Waals surface area contributed by atoms with Gasteiger partial charge in [-0.3, -0.25) is 4.99 Å². The minimum atomic E-state index is -0.630. The molecule has 0 amide bonds. The molecule has 1 aliphatic heterocycles. The molecule has 1 heterocycles. The summed E-state index contributed by atoms with van der Waals surface area (Å²) in [7, 11) is 0. The van der Waals surface area contributed by atoms with E-state index in [0.29, 0.717) is 12.1 Å². The van der Waals surface area contributed by atoms with Crippen molar-refractivity contribution in [1.82, 2.24) is 0 Å². The summed E-state index contributed by atoms with van der Waals surface area (Å²) in [5.41, 5.74) is 4.64. The van der Waals surface area contributed by atoms with Crippen molar-refractivity contribution in [2.45, 2.75) is 24.8 Å². The summed E-state index contributed by atoms with van der Waals surface area (Å²) in [6, 6.07) is 20.0. The van der Waals surface area contributed by atoms with Gasteiger partial charge in [-0.15, -0.1) is 11.6 Å². The summed E-state index contributed by atoms with van der Waals surface area (Å²) in [4.78, 5) is 4.55. The third-order valence-electron chi connectivity index (χ3n) is 4.92. The fourth-order valence-electron chi connectivity index (χ4n) is 3.43. The zero-order chi connectivity index (χ0) is 19.0. The Labute approximate surface area is 162 Å². The van der Waals surface area contributed by atoms with Gasteiger partial charge in [-0.25, -0.2) is 8.78 Å². The highest BCUT2D eigenvalue weighted by atomic mass is 35.5. The van der Waals surface area contributed by atoms with Crippen molar-refractivity contribution in [3.05, 3.63) is 95.1 Å². The van der Waals surface area contributed by atoms with Gasteiger partial charge in [0, 0.05) is 0 Å². The van der Waals surface area contributed by atoms with Crippen molar-refractivity contribution < 1.29 is 8.78 Å². The molecule has 0 N–H and O–H groups in total. The lowest BCUT2D eigenvalue weighted by Crippen LogP contribution is -2.14. The predicted molar refractivity (Wildman–Crippen MR) is 107 cm³/mol. The minimum Gasteiger partial charge on any atom is -0.279 e. The standard InChI is InChI=1S/C23H18ClF2N/c1-14-5-7-15(8-6-14)16-9-11-17(12-10-16)21-13-18(24)23(27-21)22-19(25)3-2-4-20(22)26/h2-12,18,21H,13H2,1H3/t18?,21-/m1/s1.